The molecule has 1 heterocycles. The molecule has 1 rings (SSSR count). The molecule has 0 saturated carbocycles. The minimum Gasteiger partial charge on any atom is -0.338 e. The average Bonchev–Trinajstić information content (AvgIpc) is 2.89. The summed E-state index contributed by atoms with van der Waals surface area (Å²) in [7, 11) is 1.90. The molecule has 0 aliphatic rings. The fourth-order valence-corrected chi connectivity index (χ4v) is 2.56. The number of nitrogens with zero attached hydrogens (tertiary/aromatic N) is 1. The first-order chi connectivity index (χ1) is 9.45. The van der Waals surface area contributed by atoms with E-state index in [1.807, 2.05) is 24.3 Å². The Hall–Kier alpha value is -1.40. The first-order valence-electron chi connectivity index (χ1n) is 6.77. The highest BCUT2D eigenvalue weighted by Gasteiger charge is 2.23. The molecule has 0 saturated heterocycles. The summed E-state index contributed by atoms with van der Waals surface area (Å²) in [5, 5.41) is 9.06. The van der Waals surface area contributed by atoms with Crippen LogP contribution in [0.15, 0.2) is 16.8 Å². The molecule has 1 aromatic heterocycles. The van der Waals surface area contributed by atoms with E-state index < -0.39 is 6.03 Å². The standard InChI is InChI=1S/C14H23N3O2S/c1-5-15-14(19)16-13(18)11(3)17(4)10(2)8-12-6-7-20-9-12/h6-7,9-11H,5,8H2,1-4H3,(H2,15,16,18,19)/t10-,11+/m1/s1. The lowest BCUT2D eigenvalue weighted by Crippen LogP contribution is -2.51. The molecule has 112 valence electrons. The molecule has 0 aliphatic carbocycles. The number of hydrogen-bond donors (Lipinski definition) is 2. The van der Waals surface area contributed by atoms with E-state index in [0.717, 1.165) is 6.42 Å². The molecule has 0 radical (unpaired) electrons. The van der Waals surface area contributed by atoms with Gasteiger partial charge in [0.15, 0.2) is 0 Å². The fourth-order valence-electron chi connectivity index (χ4n) is 1.88. The molecular weight excluding hydrogens is 274 g/mol. The SMILES string of the molecule is CCNC(=O)NC(=O)[C@H](C)N(C)[C@H](C)Cc1ccsc1. The van der Waals surface area contributed by atoms with Gasteiger partial charge in [-0.15, -0.1) is 0 Å². The maximum absolute atomic E-state index is 12.0. The van der Waals surface area contributed by atoms with Gasteiger partial charge in [-0.25, -0.2) is 4.79 Å². The van der Waals surface area contributed by atoms with Crippen LogP contribution in [-0.4, -0.2) is 42.5 Å². The number of rotatable bonds is 6. The molecule has 0 fully saturated rings. The fraction of sp³-hybridized carbons (Fsp3) is 0.571. The van der Waals surface area contributed by atoms with E-state index in [-0.39, 0.29) is 18.0 Å². The van der Waals surface area contributed by atoms with Crippen LogP contribution in [0.25, 0.3) is 0 Å². The Morgan fingerprint density at radius 3 is 2.65 bits per heavy atom. The van der Waals surface area contributed by atoms with Crippen LogP contribution in [0.1, 0.15) is 26.3 Å². The zero-order chi connectivity index (χ0) is 15.1. The molecule has 0 bridgehead atoms. The van der Waals surface area contributed by atoms with Crippen LogP contribution in [-0.2, 0) is 11.2 Å². The molecule has 0 spiro atoms. The largest absolute Gasteiger partial charge is 0.338 e. The van der Waals surface area contributed by atoms with Gasteiger partial charge in [0.05, 0.1) is 6.04 Å². The summed E-state index contributed by atoms with van der Waals surface area (Å²) >= 11 is 1.67. The number of hydrogen-bond acceptors (Lipinski definition) is 4. The predicted octanol–water partition coefficient (Wildman–Crippen LogP) is 1.85. The van der Waals surface area contributed by atoms with Gasteiger partial charge in [0.2, 0.25) is 5.91 Å². The summed E-state index contributed by atoms with van der Waals surface area (Å²) in [5.41, 5.74) is 1.27. The monoisotopic (exact) mass is 297 g/mol. The molecule has 6 heteroatoms. The quantitative estimate of drug-likeness (QED) is 0.842. The average molecular weight is 297 g/mol. The van der Waals surface area contributed by atoms with Crippen molar-refractivity contribution in [2.75, 3.05) is 13.6 Å². The van der Waals surface area contributed by atoms with Crippen LogP contribution in [0.5, 0.6) is 0 Å². The summed E-state index contributed by atoms with van der Waals surface area (Å²) in [5.74, 6) is -0.282. The number of urea groups is 1. The van der Waals surface area contributed by atoms with Crippen LogP contribution in [0.3, 0.4) is 0 Å². The number of imide groups is 1. The Balaban J connectivity index is 2.50. The Bertz CT molecular complexity index is 434. The second kappa shape index (κ2) is 8.01. The number of carbonyl (C=O) groups is 2. The predicted molar refractivity (Wildman–Crippen MR) is 81.9 cm³/mol. The van der Waals surface area contributed by atoms with Crippen molar-refractivity contribution in [3.05, 3.63) is 22.4 Å². The van der Waals surface area contributed by atoms with Crippen molar-refractivity contribution in [1.82, 2.24) is 15.5 Å². The van der Waals surface area contributed by atoms with Gasteiger partial charge in [-0.05, 0) is 56.6 Å². The smallest absolute Gasteiger partial charge is 0.321 e. The Morgan fingerprint density at radius 1 is 1.40 bits per heavy atom. The zero-order valence-corrected chi connectivity index (χ0v) is 13.3. The van der Waals surface area contributed by atoms with Crippen LogP contribution >= 0.6 is 11.3 Å². The second-order valence-electron chi connectivity index (χ2n) is 4.87. The Kier molecular flexibility index (Phi) is 6.67. The van der Waals surface area contributed by atoms with Gasteiger partial charge >= 0.3 is 6.03 Å². The highest BCUT2D eigenvalue weighted by molar-refractivity contribution is 7.07. The van der Waals surface area contributed by atoms with Crippen molar-refractivity contribution in [2.24, 2.45) is 0 Å². The van der Waals surface area contributed by atoms with E-state index in [1.165, 1.54) is 5.56 Å². The van der Waals surface area contributed by atoms with Gasteiger partial charge in [0.25, 0.3) is 0 Å². The van der Waals surface area contributed by atoms with Crippen molar-refractivity contribution in [1.29, 1.82) is 0 Å². The molecule has 5 nitrogen and oxygen atoms in total. The highest BCUT2D eigenvalue weighted by atomic mass is 32.1. The van der Waals surface area contributed by atoms with E-state index in [0.29, 0.717) is 6.54 Å². The summed E-state index contributed by atoms with van der Waals surface area (Å²) < 4.78 is 0. The lowest BCUT2D eigenvalue weighted by atomic mass is 10.1. The van der Waals surface area contributed by atoms with Crippen LogP contribution in [0.4, 0.5) is 4.79 Å². The summed E-state index contributed by atoms with van der Waals surface area (Å²) in [6, 6.07) is 1.52. The topological polar surface area (TPSA) is 61.4 Å². The van der Waals surface area contributed by atoms with E-state index >= 15 is 0 Å². The lowest BCUT2D eigenvalue weighted by Gasteiger charge is -2.29. The molecule has 1 aromatic rings. The summed E-state index contributed by atoms with van der Waals surface area (Å²) in [6.07, 6.45) is 0.888. The van der Waals surface area contributed by atoms with Crippen LogP contribution in [0.2, 0.25) is 0 Å². The molecule has 2 N–H and O–H groups in total. The van der Waals surface area contributed by atoms with E-state index in [4.69, 9.17) is 0 Å². The summed E-state index contributed by atoms with van der Waals surface area (Å²) in [6.45, 7) is 6.19. The third kappa shape index (κ3) is 4.94. The zero-order valence-electron chi connectivity index (χ0n) is 12.5. The maximum atomic E-state index is 12.0. The normalized spacial score (nSPS) is 13.8. The van der Waals surface area contributed by atoms with Crippen LogP contribution < -0.4 is 10.6 Å². The molecule has 0 aliphatic heterocycles. The highest BCUT2D eigenvalue weighted by Crippen LogP contribution is 2.13. The summed E-state index contributed by atoms with van der Waals surface area (Å²) in [4.78, 5) is 25.3. The van der Waals surface area contributed by atoms with Crippen molar-refractivity contribution < 1.29 is 9.59 Å². The first-order valence-corrected chi connectivity index (χ1v) is 7.71. The van der Waals surface area contributed by atoms with Crippen molar-refractivity contribution in [3.63, 3.8) is 0 Å². The van der Waals surface area contributed by atoms with Crippen molar-refractivity contribution in [3.8, 4) is 0 Å². The minimum absolute atomic E-state index is 0.222. The number of amides is 3. The van der Waals surface area contributed by atoms with Gasteiger partial charge in [-0.2, -0.15) is 11.3 Å². The molecule has 3 amide bonds. The number of thiophene rings is 1. The van der Waals surface area contributed by atoms with Gasteiger partial charge < -0.3 is 5.32 Å². The Morgan fingerprint density at radius 2 is 2.10 bits per heavy atom. The van der Waals surface area contributed by atoms with Crippen molar-refractivity contribution >= 4 is 23.3 Å². The molecule has 2 atom stereocenters. The molecule has 20 heavy (non-hydrogen) atoms. The van der Waals surface area contributed by atoms with E-state index in [2.05, 4.69) is 29.0 Å². The Labute approximate surface area is 124 Å². The number of carbonyl (C=O) groups excluding carboxylic acids is 2. The molecular formula is C14H23N3O2S. The lowest BCUT2D eigenvalue weighted by molar-refractivity contribution is -0.124. The third-order valence-electron chi connectivity index (χ3n) is 3.37. The van der Waals surface area contributed by atoms with Crippen molar-refractivity contribution in [2.45, 2.75) is 39.3 Å². The van der Waals surface area contributed by atoms with Gasteiger partial charge in [-0.3, -0.25) is 15.0 Å². The van der Waals surface area contributed by atoms with Gasteiger partial charge in [0, 0.05) is 12.6 Å². The van der Waals surface area contributed by atoms with Gasteiger partial charge in [0.1, 0.15) is 0 Å². The molecule has 0 unspecified atom stereocenters. The third-order valence-corrected chi connectivity index (χ3v) is 4.10. The minimum atomic E-state index is -0.441. The number of likely N-dealkylation sites (N-methyl/N-ethyl adjacent to an activating group) is 1. The van der Waals surface area contributed by atoms with E-state index in [1.54, 1.807) is 18.3 Å². The molecule has 0 aromatic carbocycles. The van der Waals surface area contributed by atoms with Crippen LogP contribution in [0, 0.1) is 0 Å². The van der Waals surface area contributed by atoms with E-state index in [9.17, 15) is 9.59 Å². The number of nitrogens with one attached hydrogen (secondary N) is 2. The second-order valence-corrected chi connectivity index (χ2v) is 5.65. The first kappa shape index (κ1) is 16.7. The maximum Gasteiger partial charge on any atom is 0.321 e. The van der Waals surface area contributed by atoms with Gasteiger partial charge in [-0.1, -0.05) is 0 Å².